The highest BCUT2D eigenvalue weighted by Crippen LogP contribution is 2.63. The minimum atomic E-state index is -0.348. The Kier molecular flexibility index (Phi) is 5.02. The molecule has 32 heavy (non-hydrogen) atoms. The van der Waals surface area contributed by atoms with Crippen LogP contribution in [-0.4, -0.2) is 47.6 Å². The first-order valence-corrected chi connectivity index (χ1v) is 11.6. The number of ether oxygens (including phenoxy) is 1. The van der Waals surface area contributed by atoms with Crippen molar-refractivity contribution >= 4 is 17.5 Å². The van der Waals surface area contributed by atoms with Gasteiger partial charge in [-0.05, 0) is 54.9 Å². The number of halogens is 1. The lowest BCUT2D eigenvalue weighted by molar-refractivity contribution is -0.118. The standard InChI is InChI=1S/C25H26FNO4S/c1-25-11-19(31-3)18(29)10-16-20-15(8-9-17(28)23(20)30)24(22(21(16)25)27(2)12-25)32-14-6-4-13(26)5-7-14/h4-9,11,16,21-22,24,28,30H,10,12H2,1-3H3. The Labute approximate surface area is 190 Å². The molecule has 2 aromatic rings. The van der Waals surface area contributed by atoms with E-state index < -0.39 is 0 Å². The number of fused-ring (bicyclic) bond motifs is 2. The van der Waals surface area contributed by atoms with E-state index in [1.165, 1.54) is 25.3 Å². The number of Topliss-reactive ketones (excluding diaryl/α,β-unsaturated/α-hetero) is 1. The highest BCUT2D eigenvalue weighted by atomic mass is 32.2. The number of nitrogens with zero attached hydrogens (tertiary/aromatic N) is 1. The fraction of sp³-hybridized carbons (Fsp3) is 0.400. The van der Waals surface area contributed by atoms with Crippen molar-refractivity contribution in [2.24, 2.45) is 11.3 Å². The molecule has 0 bridgehead atoms. The zero-order valence-corrected chi connectivity index (χ0v) is 19.0. The summed E-state index contributed by atoms with van der Waals surface area (Å²) in [7, 11) is 3.61. The SMILES string of the molecule is COC1=CC2(C)CN(C)C3C(Sc4ccc(F)cc4)c4ccc(O)c(O)c4C(CC1=O)C32. The lowest BCUT2D eigenvalue weighted by Crippen LogP contribution is -2.42. The molecule has 2 aliphatic carbocycles. The zero-order valence-electron chi connectivity index (χ0n) is 18.2. The van der Waals surface area contributed by atoms with Gasteiger partial charge >= 0.3 is 0 Å². The Bertz CT molecular complexity index is 1120. The van der Waals surface area contributed by atoms with Crippen LogP contribution in [0.4, 0.5) is 4.39 Å². The van der Waals surface area contributed by atoms with E-state index in [0.29, 0.717) is 11.3 Å². The number of benzene rings is 2. The van der Waals surface area contributed by atoms with E-state index in [9.17, 15) is 19.4 Å². The molecule has 0 aromatic heterocycles. The van der Waals surface area contributed by atoms with Gasteiger partial charge < -0.3 is 19.8 Å². The Morgan fingerprint density at radius 3 is 2.59 bits per heavy atom. The molecule has 0 radical (unpaired) electrons. The molecule has 5 rings (SSSR count). The number of hydrogen-bond acceptors (Lipinski definition) is 6. The van der Waals surface area contributed by atoms with Crippen molar-refractivity contribution in [2.75, 3.05) is 20.7 Å². The molecule has 1 fully saturated rings. The highest BCUT2D eigenvalue weighted by molar-refractivity contribution is 7.99. The Morgan fingerprint density at radius 1 is 1.19 bits per heavy atom. The van der Waals surface area contributed by atoms with Crippen LogP contribution in [0.2, 0.25) is 0 Å². The van der Waals surface area contributed by atoms with Crippen molar-refractivity contribution in [3.63, 3.8) is 0 Å². The number of rotatable bonds is 3. The second kappa shape index (κ2) is 7.52. The summed E-state index contributed by atoms with van der Waals surface area (Å²) in [6.07, 6.45) is 2.17. The van der Waals surface area contributed by atoms with Crippen molar-refractivity contribution in [2.45, 2.75) is 35.4 Å². The number of phenolic OH excluding ortho intramolecular Hbond substituents is 2. The molecular weight excluding hydrogens is 429 g/mol. The zero-order chi connectivity index (χ0) is 22.8. The predicted octanol–water partition coefficient (Wildman–Crippen LogP) is 4.61. The van der Waals surface area contributed by atoms with Crippen LogP contribution in [0.3, 0.4) is 0 Å². The summed E-state index contributed by atoms with van der Waals surface area (Å²) in [6, 6.07) is 9.87. The summed E-state index contributed by atoms with van der Waals surface area (Å²) >= 11 is 1.62. The van der Waals surface area contributed by atoms with Crippen LogP contribution in [0.25, 0.3) is 0 Å². The predicted molar refractivity (Wildman–Crippen MR) is 120 cm³/mol. The summed E-state index contributed by atoms with van der Waals surface area (Å²) < 4.78 is 19.0. The third kappa shape index (κ3) is 3.13. The van der Waals surface area contributed by atoms with Gasteiger partial charge in [-0.15, -0.1) is 11.8 Å². The number of thioether (sulfide) groups is 1. The first kappa shape index (κ1) is 21.3. The van der Waals surface area contributed by atoms with Crippen LogP contribution in [0, 0.1) is 17.2 Å². The molecule has 2 aromatic carbocycles. The van der Waals surface area contributed by atoms with Gasteiger partial charge in [0.1, 0.15) is 5.82 Å². The van der Waals surface area contributed by atoms with Crippen LogP contribution in [0.15, 0.2) is 53.1 Å². The van der Waals surface area contributed by atoms with Crippen molar-refractivity contribution in [3.8, 4) is 11.5 Å². The second-order valence-corrected chi connectivity index (χ2v) is 10.5. The molecule has 1 heterocycles. The third-order valence-corrected chi connectivity index (χ3v) is 8.65. The van der Waals surface area contributed by atoms with Crippen LogP contribution >= 0.6 is 11.8 Å². The Morgan fingerprint density at radius 2 is 1.91 bits per heavy atom. The van der Waals surface area contributed by atoms with Crippen LogP contribution < -0.4 is 0 Å². The van der Waals surface area contributed by atoms with Gasteiger partial charge in [0.05, 0.1) is 12.4 Å². The molecule has 0 amide bonds. The van der Waals surface area contributed by atoms with E-state index >= 15 is 0 Å². The Hall–Kier alpha value is -2.51. The fourth-order valence-corrected chi connectivity index (χ4v) is 7.60. The highest BCUT2D eigenvalue weighted by Gasteiger charge is 2.59. The van der Waals surface area contributed by atoms with Crippen molar-refractivity contribution < 1.29 is 24.1 Å². The van der Waals surface area contributed by atoms with Gasteiger partial charge in [-0.25, -0.2) is 4.39 Å². The number of likely N-dealkylation sites (tertiary alicyclic amines) is 1. The lowest BCUT2D eigenvalue weighted by atomic mass is 9.63. The van der Waals surface area contributed by atoms with Gasteiger partial charge in [-0.2, -0.15) is 0 Å². The first-order valence-electron chi connectivity index (χ1n) is 10.7. The number of likely N-dealkylation sites (N-methyl/N-ethyl adjacent to an activating group) is 1. The summed E-state index contributed by atoms with van der Waals surface area (Å²) in [5, 5.41) is 21.2. The quantitative estimate of drug-likeness (QED) is 0.659. The smallest absolute Gasteiger partial charge is 0.197 e. The average Bonchev–Trinajstić information content (AvgIpc) is 2.96. The summed E-state index contributed by atoms with van der Waals surface area (Å²) in [4.78, 5) is 16.3. The average molecular weight is 456 g/mol. The molecule has 1 aliphatic heterocycles. The molecule has 0 saturated carbocycles. The largest absolute Gasteiger partial charge is 0.504 e. The summed E-state index contributed by atoms with van der Waals surface area (Å²) in [6.45, 7) is 2.88. The van der Waals surface area contributed by atoms with E-state index in [1.54, 1.807) is 23.9 Å². The number of methoxy groups -OCH3 is 1. The summed E-state index contributed by atoms with van der Waals surface area (Å²) in [5.74, 6) is -0.571. The maximum atomic E-state index is 13.5. The van der Waals surface area contributed by atoms with Crippen molar-refractivity contribution in [1.82, 2.24) is 4.90 Å². The molecule has 5 nitrogen and oxygen atoms in total. The van der Waals surface area contributed by atoms with Crippen LogP contribution in [0.5, 0.6) is 11.5 Å². The molecular formula is C25H26FNO4S. The van der Waals surface area contributed by atoms with Gasteiger partial charge in [0, 0.05) is 40.8 Å². The number of carbonyl (C=O) groups is 1. The monoisotopic (exact) mass is 455 g/mol. The number of allylic oxidation sites excluding steroid dienone is 1. The first-order chi connectivity index (χ1) is 15.2. The second-order valence-electron chi connectivity index (χ2n) is 9.31. The number of ketones is 1. The molecule has 7 heteroatoms. The maximum absolute atomic E-state index is 13.5. The minimum Gasteiger partial charge on any atom is -0.504 e. The van der Waals surface area contributed by atoms with E-state index in [4.69, 9.17) is 4.74 Å². The van der Waals surface area contributed by atoms with Gasteiger partial charge in [0.25, 0.3) is 0 Å². The van der Waals surface area contributed by atoms with Crippen LogP contribution in [0.1, 0.15) is 35.6 Å². The summed E-state index contributed by atoms with van der Waals surface area (Å²) in [5.41, 5.74) is 1.20. The minimum absolute atomic E-state index is 0.0299. The molecule has 1 saturated heterocycles. The van der Waals surface area contributed by atoms with Gasteiger partial charge in [-0.1, -0.05) is 13.0 Å². The normalized spacial score (nSPS) is 31.5. The fourth-order valence-electron chi connectivity index (χ4n) is 6.16. The van der Waals surface area contributed by atoms with Gasteiger partial charge in [0.15, 0.2) is 23.0 Å². The third-order valence-electron chi connectivity index (χ3n) is 7.32. The van der Waals surface area contributed by atoms with E-state index in [-0.39, 0.29) is 58.1 Å². The molecule has 168 valence electrons. The van der Waals surface area contributed by atoms with E-state index in [1.807, 2.05) is 12.1 Å². The molecule has 5 atom stereocenters. The van der Waals surface area contributed by atoms with Gasteiger partial charge in [-0.3, -0.25) is 4.79 Å². The van der Waals surface area contributed by atoms with Crippen LogP contribution in [-0.2, 0) is 9.53 Å². The lowest BCUT2D eigenvalue weighted by Gasteiger charge is -2.45. The van der Waals surface area contributed by atoms with Crippen molar-refractivity contribution in [1.29, 1.82) is 0 Å². The molecule has 5 unspecified atom stereocenters. The number of hydrogen-bond donors (Lipinski definition) is 2. The number of aromatic hydroxyl groups is 2. The molecule has 3 aliphatic rings. The van der Waals surface area contributed by atoms with Crippen molar-refractivity contribution in [3.05, 3.63) is 65.2 Å². The number of phenols is 2. The number of carbonyl (C=O) groups excluding carboxylic acids is 1. The maximum Gasteiger partial charge on any atom is 0.197 e. The topological polar surface area (TPSA) is 70.0 Å². The molecule has 0 spiro atoms. The van der Waals surface area contributed by atoms with Gasteiger partial charge in [0.2, 0.25) is 0 Å². The van der Waals surface area contributed by atoms with E-state index in [2.05, 4.69) is 18.9 Å². The Balaban J connectivity index is 1.71. The van der Waals surface area contributed by atoms with E-state index in [0.717, 1.165) is 17.0 Å². The molecule has 2 N–H and O–H groups in total.